The Labute approximate surface area is 121 Å². The second-order valence-corrected chi connectivity index (χ2v) is 5.73. The lowest BCUT2D eigenvalue weighted by Crippen LogP contribution is -2.01. The highest BCUT2D eigenvalue weighted by Gasteiger charge is 2.02. The van der Waals surface area contributed by atoms with Gasteiger partial charge < -0.3 is 5.32 Å². The fourth-order valence-electron chi connectivity index (χ4n) is 1.77. The van der Waals surface area contributed by atoms with Gasteiger partial charge >= 0.3 is 0 Å². The summed E-state index contributed by atoms with van der Waals surface area (Å²) in [6.45, 7) is 4.86. The summed E-state index contributed by atoms with van der Waals surface area (Å²) in [5, 5.41) is 4.23. The van der Waals surface area contributed by atoms with E-state index in [1.807, 2.05) is 19.1 Å². The third-order valence-corrected chi connectivity index (χ3v) is 3.72. The molecule has 1 N–H and O–H groups in total. The third-order valence-electron chi connectivity index (χ3n) is 2.88. The smallest absolute Gasteiger partial charge is 0.0458 e. The normalized spacial score (nSPS) is 10.4. The Morgan fingerprint density at radius 1 is 1.11 bits per heavy atom. The maximum Gasteiger partial charge on any atom is 0.0458 e. The summed E-state index contributed by atoms with van der Waals surface area (Å²) < 4.78 is 1.07. The van der Waals surface area contributed by atoms with Crippen molar-refractivity contribution >= 4 is 33.2 Å². The first-order chi connectivity index (χ1) is 8.56. The van der Waals surface area contributed by atoms with Crippen molar-refractivity contribution in [3.8, 4) is 0 Å². The van der Waals surface area contributed by atoms with Crippen molar-refractivity contribution in [2.75, 3.05) is 5.32 Å². The Morgan fingerprint density at radius 3 is 2.61 bits per heavy atom. The summed E-state index contributed by atoms with van der Waals surface area (Å²) in [6, 6.07) is 12.3. The molecule has 0 saturated heterocycles. The van der Waals surface area contributed by atoms with Crippen LogP contribution >= 0.6 is 27.5 Å². The molecule has 0 fully saturated rings. The minimum absolute atomic E-state index is 0.733. The minimum atomic E-state index is 0.733. The molecule has 0 spiro atoms. The highest BCUT2D eigenvalue weighted by Crippen LogP contribution is 2.23. The van der Waals surface area contributed by atoms with Gasteiger partial charge in [-0.1, -0.05) is 45.7 Å². The van der Waals surface area contributed by atoms with Crippen molar-refractivity contribution < 1.29 is 0 Å². The predicted octanol–water partition coefficient (Wildman–Crippen LogP) is 5.33. The van der Waals surface area contributed by atoms with Gasteiger partial charge in [-0.05, 0) is 48.7 Å². The summed E-state index contributed by atoms with van der Waals surface area (Å²) >= 11 is 9.70. The van der Waals surface area contributed by atoms with Crippen LogP contribution in [-0.2, 0) is 6.54 Å². The number of hydrogen-bond acceptors (Lipinski definition) is 1. The van der Waals surface area contributed by atoms with Gasteiger partial charge in [0.2, 0.25) is 0 Å². The molecule has 1 nitrogen and oxygen atoms in total. The Morgan fingerprint density at radius 2 is 1.89 bits per heavy atom. The van der Waals surface area contributed by atoms with Crippen LogP contribution in [0.25, 0.3) is 0 Å². The van der Waals surface area contributed by atoms with Crippen LogP contribution < -0.4 is 5.32 Å². The second kappa shape index (κ2) is 5.77. The zero-order valence-corrected chi connectivity index (χ0v) is 12.8. The summed E-state index contributed by atoms with van der Waals surface area (Å²) in [5.74, 6) is 0. The van der Waals surface area contributed by atoms with Gasteiger partial charge in [0.25, 0.3) is 0 Å². The average Bonchev–Trinajstić information content (AvgIpc) is 2.32. The van der Waals surface area contributed by atoms with Gasteiger partial charge in [0.1, 0.15) is 0 Å². The van der Waals surface area contributed by atoms with Gasteiger partial charge in [0.15, 0.2) is 0 Å². The van der Waals surface area contributed by atoms with Crippen LogP contribution in [0.2, 0.25) is 5.02 Å². The van der Waals surface area contributed by atoms with E-state index in [9.17, 15) is 0 Å². The van der Waals surface area contributed by atoms with E-state index in [0.717, 1.165) is 27.3 Å². The molecule has 0 radical (unpaired) electrons. The van der Waals surface area contributed by atoms with Gasteiger partial charge in [0.05, 0.1) is 0 Å². The lowest BCUT2D eigenvalue weighted by Gasteiger charge is -2.11. The largest absolute Gasteiger partial charge is 0.381 e. The molecule has 0 aromatic heterocycles. The minimum Gasteiger partial charge on any atom is -0.381 e. The fourth-order valence-corrected chi connectivity index (χ4v) is 2.43. The second-order valence-electron chi connectivity index (χ2n) is 4.41. The first-order valence-corrected chi connectivity index (χ1v) is 6.98. The SMILES string of the molecule is Cc1ccc(CNc2cc(Br)ccc2C)c(Cl)c1. The highest BCUT2D eigenvalue weighted by molar-refractivity contribution is 9.10. The molecule has 0 heterocycles. The molecular weight excluding hydrogens is 310 g/mol. The topological polar surface area (TPSA) is 12.0 Å². The zero-order chi connectivity index (χ0) is 13.1. The highest BCUT2D eigenvalue weighted by atomic mass is 79.9. The Balaban J connectivity index is 2.13. The molecule has 2 aromatic carbocycles. The quantitative estimate of drug-likeness (QED) is 0.804. The molecule has 0 aliphatic rings. The predicted molar refractivity (Wildman–Crippen MR) is 82.4 cm³/mol. The first kappa shape index (κ1) is 13.4. The molecule has 0 unspecified atom stereocenters. The summed E-state index contributed by atoms with van der Waals surface area (Å²) in [6.07, 6.45) is 0. The molecule has 0 bridgehead atoms. The van der Waals surface area contributed by atoms with Gasteiger partial charge in [0, 0.05) is 21.7 Å². The van der Waals surface area contributed by atoms with Crippen LogP contribution in [0.3, 0.4) is 0 Å². The maximum absolute atomic E-state index is 6.22. The van der Waals surface area contributed by atoms with E-state index in [-0.39, 0.29) is 0 Å². The molecule has 3 heteroatoms. The summed E-state index contributed by atoms with van der Waals surface area (Å²) in [7, 11) is 0. The average molecular weight is 325 g/mol. The van der Waals surface area contributed by atoms with Crippen LogP contribution in [0.4, 0.5) is 5.69 Å². The molecular formula is C15H15BrClN. The number of anilines is 1. The van der Waals surface area contributed by atoms with Crippen LogP contribution in [-0.4, -0.2) is 0 Å². The molecule has 0 aliphatic carbocycles. The number of hydrogen-bond donors (Lipinski definition) is 1. The Bertz CT molecular complexity index is 566. The lowest BCUT2D eigenvalue weighted by atomic mass is 10.1. The molecule has 94 valence electrons. The summed E-state index contributed by atoms with van der Waals surface area (Å²) in [4.78, 5) is 0. The number of halogens is 2. The van der Waals surface area contributed by atoms with Crippen LogP contribution in [0, 0.1) is 13.8 Å². The standard InChI is InChI=1S/C15H15BrClN/c1-10-3-5-12(14(17)7-10)9-18-15-8-13(16)6-4-11(15)2/h3-8,18H,9H2,1-2H3. The van der Waals surface area contributed by atoms with Crippen molar-refractivity contribution in [2.24, 2.45) is 0 Å². The van der Waals surface area contributed by atoms with E-state index in [1.165, 1.54) is 11.1 Å². The van der Waals surface area contributed by atoms with Crippen LogP contribution in [0.15, 0.2) is 40.9 Å². The van der Waals surface area contributed by atoms with E-state index < -0.39 is 0 Å². The van der Waals surface area contributed by atoms with Crippen molar-refractivity contribution in [3.05, 3.63) is 62.6 Å². The number of benzene rings is 2. The summed E-state index contributed by atoms with van der Waals surface area (Å²) in [5.41, 5.74) is 4.64. The lowest BCUT2D eigenvalue weighted by molar-refractivity contribution is 1.13. The molecule has 2 aromatic rings. The molecule has 2 rings (SSSR count). The van der Waals surface area contributed by atoms with Crippen molar-refractivity contribution in [1.29, 1.82) is 0 Å². The molecule has 0 amide bonds. The van der Waals surface area contributed by atoms with E-state index in [1.54, 1.807) is 0 Å². The molecule has 0 saturated carbocycles. The van der Waals surface area contributed by atoms with E-state index in [2.05, 4.69) is 52.4 Å². The fraction of sp³-hybridized carbons (Fsp3) is 0.200. The Hall–Kier alpha value is -0.990. The molecule has 0 aliphatic heterocycles. The van der Waals surface area contributed by atoms with Crippen LogP contribution in [0.5, 0.6) is 0 Å². The zero-order valence-electron chi connectivity index (χ0n) is 10.4. The molecule has 18 heavy (non-hydrogen) atoms. The molecule has 0 atom stereocenters. The van der Waals surface area contributed by atoms with Crippen molar-refractivity contribution in [1.82, 2.24) is 0 Å². The van der Waals surface area contributed by atoms with Gasteiger partial charge in [-0.25, -0.2) is 0 Å². The first-order valence-electron chi connectivity index (χ1n) is 5.81. The van der Waals surface area contributed by atoms with E-state index >= 15 is 0 Å². The van der Waals surface area contributed by atoms with Gasteiger partial charge in [-0.15, -0.1) is 0 Å². The van der Waals surface area contributed by atoms with Crippen molar-refractivity contribution in [3.63, 3.8) is 0 Å². The van der Waals surface area contributed by atoms with E-state index in [4.69, 9.17) is 11.6 Å². The van der Waals surface area contributed by atoms with E-state index in [0.29, 0.717) is 0 Å². The van der Waals surface area contributed by atoms with Crippen molar-refractivity contribution in [2.45, 2.75) is 20.4 Å². The van der Waals surface area contributed by atoms with Gasteiger partial charge in [-0.2, -0.15) is 0 Å². The van der Waals surface area contributed by atoms with Gasteiger partial charge in [-0.3, -0.25) is 0 Å². The van der Waals surface area contributed by atoms with Crippen LogP contribution in [0.1, 0.15) is 16.7 Å². The number of nitrogens with one attached hydrogen (secondary N) is 1. The maximum atomic E-state index is 6.22. The monoisotopic (exact) mass is 323 g/mol. The third kappa shape index (κ3) is 3.27. The Kier molecular flexibility index (Phi) is 4.31. The number of aryl methyl sites for hydroxylation is 2. The number of rotatable bonds is 3.